The van der Waals surface area contributed by atoms with E-state index in [4.69, 9.17) is 4.74 Å². The van der Waals surface area contributed by atoms with Gasteiger partial charge in [-0.25, -0.2) is 0 Å². The van der Waals surface area contributed by atoms with Crippen LogP contribution in [-0.4, -0.2) is 46.3 Å². The van der Waals surface area contributed by atoms with Crippen molar-refractivity contribution in [3.63, 3.8) is 0 Å². The summed E-state index contributed by atoms with van der Waals surface area (Å²) in [5, 5.41) is 19.1. The van der Waals surface area contributed by atoms with E-state index in [1.807, 2.05) is 0 Å². The lowest BCUT2D eigenvalue weighted by Crippen LogP contribution is -2.45. The van der Waals surface area contributed by atoms with Gasteiger partial charge >= 0.3 is 0 Å². The highest BCUT2D eigenvalue weighted by Crippen LogP contribution is 2.29. The summed E-state index contributed by atoms with van der Waals surface area (Å²) in [5.41, 5.74) is 0.149. The number of carbonyl (C=O) groups excluding carboxylic acids is 1. The third-order valence-corrected chi connectivity index (χ3v) is 3.54. The third-order valence-electron chi connectivity index (χ3n) is 3.54. The molecule has 2 heterocycles. The monoisotopic (exact) mass is 249 g/mol. The zero-order valence-corrected chi connectivity index (χ0v) is 9.87. The molecule has 2 fully saturated rings. The zero-order chi connectivity index (χ0) is 12.7. The first-order valence-corrected chi connectivity index (χ1v) is 6.10. The van der Waals surface area contributed by atoms with Gasteiger partial charge in [0.2, 0.25) is 0 Å². The second-order valence-corrected chi connectivity index (χ2v) is 4.87. The molecule has 5 nitrogen and oxygen atoms in total. The minimum Gasteiger partial charge on any atom is -0.508 e. The molecule has 0 aromatic heterocycles. The average molecular weight is 249 g/mol. The molecule has 0 aliphatic carbocycles. The van der Waals surface area contributed by atoms with E-state index in [9.17, 15) is 15.0 Å². The third kappa shape index (κ3) is 1.90. The van der Waals surface area contributed by atoms with Crippen LogP contribution in [0.2, 0.25) is 0 Å². The number of rotatable bonds is 1. The van der Waals surface area contributed by atoms with Crippen LogP contribution in [0.5, 0.6) is 11.5 Å². The average Bonchev–Trinajstić information content (AvgIpc) is 2.70. The van der Waals surface area contributed by atoms with Crippen molar-refractivity contribution in [3.05, 3.63) is 23.8 Å². The Morgan fingerprint density at radius 3 is 2.56 bits per heavy atom. The van der Waals surface area contributed by atoms with Gasteiger partial charge in [0.05, 0.1) is 17.8 Å². The number of morpholine rings is 1. The van der Waals surface area contributed by atoms with E-state index < -0.39 is 0 Å². The number of likely N-dealkylation sites (tertiary alicyclic amines) is 1. The molecule has 2 bridgehead atoms. The highest BCUT2D eigenvalue weighted by atomic mass is 16.5. The van der Waals surface area contributed by atoms with Gasteiger partial charge in [0.1, 0.15) is 11.5 Å². The number of phenols is 2. The van der Waals surface area contributed by atoms with Crippen molar-refractivity contribution >= 4 is 5.91 Å². The molecule has 96 valence electrons. The predicted octanol–water partition coefficient (Wildman–Crippen LogP) is 1.10. The molecule has 2 unspecified atom stereocenters. The number of hydrogen-bond donors (Lipinski definition) is 2. The number of phenolic OH excluding ortho intramolecular Hbond substituents is 2. The Labute approximate surface area is 105 Å². The second kappa shape index (κ2) is 4.17. The molecule has 1 amide bonds. The highest BCUT2D eigenvalue weighted by Gasteiger charge is 2.36. The topological polar surface area (TPSA) is 70.0 Å². The molecular weight excluding hydrogens is 234 g/mol. The summed E-state index contributed by atoms with van der Waals surface area (Å²) in [6, 6.07) is 3.99. The van der Waals surface area contributed by atoms with E-state index in [0.29, 0.717) is 13.1 Å². The largest absolute Gasteiger partial charge is 0.508 e. The first-order chi connectivity index (χ1) is 8.63. The molecule has 2 N–H and O–H groups in total. The van der Waals surface area contributed by atoms with Crippen molar-refractivity contribution in [2.75, 3.05) is 13.1 Å². The molecule has 0 spiro atoms. The van der Waals surface area contributed by atoms with Gasteiger partial charge in [-0.2, -0.15) is 0 Å². The van der Waals surface area contributed by atoms with Gasteiger partial charge in [-0.05, 0) is 31.0 Å². The maximum absolute atomic E-state index is 12.3. The van der Waals surface area contributed by atoms with E-state index in [0.717, 1.165) is 12.8 Å². The van der Waals surface area contributed by atoms with Crippen molar-refractivity contribution < 1.29 is 19.7 Å². The summed E-state index contributed by atoms with van der Waals surface area (Å²) in [5.74, 6) is -0.368. The van der Waals surface area contributed by atoms with Crippen molar-refractivity contribution in [2.24, 2.45) is 0 Å². The summed E-state index contributed by atoms with van der Waals surface area (Å²) >= 11 is 0. The fourth-order valence-electron chi connectivity index (χ4n) is 2.65. The fourth-order valence-corrected chi connectivity index (χ4v) is 2.65. The Hall–Kier alpha value is -1.75. The molecule has 0 saturated carbocycles. The van der Waals surface area contributed by atoms with E-state index in [1.165, 1.54) is 18.2 Å². The molecule has 1 aromatic rings. The predicted molar refractivity (Wildman–Crippen MR) is 63.6 cm³/mol. The van der Waals surface area contributed by atoms with E-state index in [2.05, 4.69) is 0 Å². The number of carbonyl (C=O) groups is 1. The summed E-state index contributed by atoms with van der Waals surface area (Å²) < 4.78 is 5.66. The van der Waals surface area contributed by atoms with E-state index >= 15 is 0 Å². The van der Waals surface area contributed by atoms with Crippen molar-refractivity contribution in [1.29, 1.82) is 0 Å². The van der Waals surface area contributed by atoms with Crippen LogP contribution in [0.4, 0.5) is 0 Å². The first-order valence-electron chi connectivity index (χ1n) is 6.10. The van der Waals surface area contributed by atoms with Crippen LogP contribution >= 0.6 is 0 Å². The van der Waals surface area contributed by atoms with Gasteiger partial charge in [-0.1, -0.05) is 0 Å². The lowest BCUT2D eigenvalue weighted by molar-refractivity contribution is -0.0304. The standard InChI is InChI=1S/C13H15NO4/c15-8-1-4-12(16)11(5-8)13(17)14-6-9-2-3-10(7-14)18-9/h1,4-5,9-10,15-16H,2-3,6-7H2. The van der Waals surface area contributed by atoms with Crippen LogP contribution < -0.4 is 0 Å². The van der Waals surface area contributed by atoms with Crippen molar-refractivity contribution in [3.8, 4) is 11.5 Å². The minimum atomic E-state index is -0.247. The van der Waals surface area contributed by atoms with Crippen LogP contribution in [0.1, 0.15) is 23.2 Å². The highest BCUT2D eigenvalue weighted by molar-refractivity contribution is 5.97. The number of nitrogens with zero attached hydrogens (tertiary/aromatic N) is 1. The van der Waals surface area contributed by atoms with Gasteiger partial charge < -0.3 is 19.8 Å². The molecule has 2 aliphatic heterocycles. The summed E-state index contributed by atoms with van der Waals surface area (Å²) in [4.78, 5) is 14.0. The molecule has 18 heavy (non-hydrogen) atoms. The lowest BCUT2D eigenvalue weighted by Gasteiger charge is -2.32. The summed E-state index contributed by atoms with van der Waals surface area (Å²) in [6.07, 6.45) is 2.21. The Balaban J connectivity index is 1.84. The number of hydrogen-bond acceptors (Lipinski definition) is 4. The molecule has 0 radical (unpaired) electrons. The van der Waals surface area contributed by atoms with E-state index in [-0.39, 0.29) is 35.2 Å². The summed E-state index contributed by atoms with van der Waals surface area (Å²) in [7, 11) is 0. The fraction of sp³-hybridized carbons (Fsp3) is 0.462. The Morgan fingerprint density at radius 2 is 1.89 bits per heavy atom. The molecule has 2 aliphatic rings. The Morgan fingerprint density at radius 1 is 1.22 bits per heavy atom. The minimum absolute atomic E-state index is 0.0209. The maximum Gasteiger partial charge on any atom is 0.257 e. The molecule has 2 saturated heterocycles. The first kappa shape index (κ1) is 11.3. The normalized spacial score (nSPS) is 26.3. The quantitative estimate of drug-likeness (QED) is 0.731. The van der Waals surface area contributed by atoms with Crippen LogP contribution in [0.15, 0.2) is 18.2 Å². The number of aromatic hydroxyl groups is 2. The summed E-state index contributed by atoms with van der Waals surface area (Å²) in [6.45, 7) is 1.12. The smallest absolute Gasteiger partial charge is 0.257 e. The molecule has 1 aromatic carbocycles. The zero-order valence-electron chi connectivity index (χ0n) is 9.87. The van der Waals surface area contributed by atoms with Crippen LogP contribution in [-0.2, 0) is 4.74 Å². The van der Waals surface area contributed by atoms with Gasteiger partial charge in [0.15, 0.2) is 0 Å². The Bertz CT molecular complexity index is 476. The second-order valence-electron chi connectivity index (χ2n) is 4.87. The number of ether oxygens (including phenoxy) is 1. The van der Waals surface area contributed by atoms with E-state index in [1.54, 1.807) is 4.90 Å². The molecule has 2 atom stereocenters. The molecule has 3 rings (SSSR count). The van der Waals surface area contributed by atoms with Gasteiger partial charge in [0, 0.05) is 13.1 Å². The SMILES string of the molecule is O=C(c1cc(O)ccc1O)N1CC2CCC(C1)O2. The van der Waals surface area contributed by atoms with Crippen molar-refractivity contribution in [2.45, 2.75) is 25.0 Å². The van der Waals surface area contributed by atoms with Gasteiger partial charge in [0.25, 0.3) is 5.91 Å². The number of amides is 1. The molecule has 5 heteroatoms. The van der Waals surface area contributed by atoms with Gasteiger partial charge in [-0.3, -0.25) is 4.79 Å². The lowest BCUT2D eigenvalue weighted by atomic mass is 10.1. The number of benzene rings is 1. The van der Waals surface area contributed by atoms with Gasteiger partial charge in [-0.15, -0.1) is 0 Å². The van der Waals surface area contributed by atoms with Crippen LogP contribution in [0.3, 0.4) is 0 Å². The molecular formula is C13H15NO4. The van der Waals surface area contributed by atoms with Crippen LogP contribution in [0, 0.1) is 0 Å². The number of fused-ring (bicyclic) bond motifs is 2. The maximum atomic E-state index is 12.3. The van der Waals surface area contributed by atoms with Crippen molar-refractivity contribution in [1.82, 2.24) is 4.90 Å². The Kier molecular flexibility index (Phi) is 2.63. The van der Waals surface area contributed by atoms with Crippen LogP contribution in [0.25, 0.3) is 0 Å².